The highest BCUT2D eigenvalue weighted by molar-refractivity contribution is 5.11. The average molecular weight is 153 g/mol. The van der Waals surface area contributed by atoms with Crippen molar-refractivity contribution in [2.45, 2.75) is 18.9 Å². The zero-order valence-corrected chi connectivity index (χ0v) is 6.61. The van der Waals surface area contributed by atoms with Gasteiger partial charge in [-0.25, -0.2) is 0 Å². The third-order valence-corrected chi connectivity index (χ3v) is 1.97. The molecule has 0 saturated carbocycles. The van der Waals surface area contributed by atoms with Gasteiger partial charge < -0.3 is 10.8 Å². The third-order valence-electron chi connectivity index (χ3n) is 1.97. The molecular weight excluding hydrogens is 138 g/mol. The van der Waals surface area contributed by atoms with Gasteiger partial charge in [0.05, 0.1) is 6.10 Å². The van der Waals surface area contributed by atoms with Gasteiger partial charge in [-0.05, 0) is 19.4 Å². The van der Waals surface area contributed by atoms with Crippen molar-refractivity contribution in [2.24, 2.45) is 11.7 Å². The lowest BCUT2D eigenvalue weighted by molar-refractivity contribution is 0.124. The molecule has 0 aromatic heterocycles. The molecule has 0 amide bonds. The first-order valence-electron chi connectivity index (χ1n) is 4.06. The maximum absolute atomic E-state index is 9.51. The van der Waals surface area contributed by atoms with Crippen molar-refractivity contribution in [3.8, 4) is 0 Å². The van der Waals surface area contributed by atoms with Gasteiger partial charge in [0.2, 0.25) is 0 Å². The Labute approximate surface area is 67.4 Å². The summed E-state index contributed by atoms with van der Waals surface area (Å²) in [5.74, 6) is 0.281. The second-order valence-electron chi connectivity index (χ2n) is 2.86. The fourth-order valence-corrected chi connectivity index (χ4v) is 1.27. The van der Waals surface area contributed by atoms with Crippen LogP contribution in [0.15, 0.2) is 24.3 Å². The highest BCUT2D eigenvalue weighted by atomic mass is 16.3. The SMILES string of the molecule is NCCC(O)C1C=CC=CC1. The van der Waals surface area contributed by atoms with Gasteiger partial charge in [0.25, 0.3) is 0 Å². The molecule has 0 heterocycles. The van der Waals surface area contributed by atoms with Crippen molar-refractivity contribution in [1.29, 1.82) is 0 Å². The van der Waals surface area contributed by atoms with E-state index in [4.69, 9.17) is 5.73 Å². The first-order valence-corrected chi connectivity index (χ1v) is 4.06. The van der Waals surface area contributed by atoms with E-state index in [9.17, 15) is 5.11 Å². The van der Waals surface area contributed by atoms with Crippen LogP contribution in [0.5, 0.6) is 0 Å². The second-order valence-corrected chi connectivity index (χ2v) is 2.86. The summed E-state index contributed by atoms with van der Waals surface area (Å²) in [5, 5.41) is 9.51. The third kappa shape index (κ3) is 2.48. The van der Waals surface area contributed by atoms with Crippen molar-refractivity contribution >= 4 is 0 Å². The van der Waals surface area contributed by atoms with Crippen LogP contribution in [-0.4, -0.2) is 17.8 Å². The molecule has 0 bridgehead atoms. The van der Waals surface area contributed by atoms with Crippen molar-refractivity contribution in [1.82, 2.24) is 0 Å². The Hall–Kier alpha value is -0.600. The van der Waals surface area contributed by atoms with Crippen LogP contribution in [0.1, 0.15) is 12.8 Å². The number of allylic oxidation sites excluding steroid dienone is 3. The smallest absolute Gasteiger partial charge is 0.0617 e. The Bertz CT molecular complexity index is 163. The van der Waals surface area contributed by atoms with Crippen LogP contribution in [0.2, 0.25) is 0 Å². The van der Waals surface area contributed by atoms with Gasteiger partial charge in [0.1, 0.15) is 0 Å². The van der Waals surface area contributed by atoms with E-state index in [1.54, 1.807) is 0 Å². The Morgan fingerprint density at radius 3 is 2.91 bits per heavy atom. The maximum Gasteiger partial charge on any atom is 0.0617 e. The molecule has 2 heteroatoms. The normalized spacial score (nSPS) is 25.5. The second kappa shape index (κ2) is 4.31. The zero-order valence-electron chi connectivity index (χ0n) is 6.61. The summed E-state index contributed by atoms with van der Waals surface area (Å²) in [5.41, 5.74) is 5.33. The van der Waals surface area contributed by atoms with E-state index >= 15 is 0 Å². The number of hydrogen-bond donors (Lipinski definition) is 2. The zero-order chi connectivity index (χ0) is 8.10. The lowest BCUT2D eigenvalue weighted by Crippen LogP contribution is -2.22. The summed E-state index contributed by atoms with van der Waals surface area (Å²) in [6.07, 6.45) is 9.48. The minimum absolute atomic E-state index is 0.263. The highest BCUT2D eigenvalue weighted by Crippen LogP contribution is 2.17. The van der Waals surface area contributed by atoms with Crippen LogP contribution in [0.3, 0.4) is 0 Å². The Morgan fingerprint density at radius 1 is 1.55 bits per heavy atom. The maximum atomic E-state index is 9.51. The Kier molecular flexibility index (Phi) is 3.33. The molecule has 2 unspecified atom stereocenters. The molecule has 2 nitrogen and oxygen atoms in total. The first kappa shape index (κ1) is 8.50. The topological polar surface area (TPSA) is 46.2 Å². The van der Waals surface area contributed by atoms with Gasteiger partial charge >= 0.3 is 0 Å². The molecular formula is C9H15NO. The van der Waals surface area contributed by atoms with Gasteiger partial charge in [0.15, 0.2) is 0 Å². The summed E-state index contributed by atoms with van der Waals surface area (Å²) >= 11 is 0. The summed E-state index contributed by atoms with van der Waals surface area (Å²) in [7, 11) is 0. The molecule has 3 N–H and O–H groups in total. The van der Waals surface area contributed by atoms with Gasteiger partial charge in [-0.1, -0.05) is 24.3 Å². The number of nitrogens with two attached hydrogens (primary N) is 1. The van der Waals surface area contributed by atoms with E-state index in [1.807, 2.05) is 18.2 Å². The minimum atomic E-state index is -0.263. The molecule has 0 radical (unpaired) electrons. The molecule has 1 aliphatic carbocycles. The molecule has 62 valence electrons. The van der Waals surface area contributed by atoms with E-state index in [-0.39, 0.29) is 12.0 Å². The minimum Gasteiger partial charge on any atom is -0.392 e. The Balaban J connectivity index is 2.35. The van der Waals surface area contributed by atoms with Crippen molar-refractivity contribution in [3.05, 3.63) is 24.3 Å². The predicted molar refractivity (Wildman–Crippen MR) is 46.1 cm³/mol. The van der Waals surface area contributed by atoms with Gasteiger partial charge in [0, 0.05) is 5.92 Å². The monoisotopic (exact) mass is 153 g/mol. The fourth-order valence-electron chi connectivity index (χ4n) is 1.27. The molecule has 0 aromatic carbocycles. The molecule has 1 aliphatic rings. The molecule has 0 fully saturated rings. The summed E-state index contributed by atoms with van der Waals surface area (Å²) in [6.45, 7) is 0.565. The molecule has 0 aliphatic heterocycles. The van der Waals surface area contributed by atoms with Gasteiger partial charge in [-0.3, -0.25) is 0 Å². The van der Waals surface area contributed by atoms with Crippen LogP contribution in [0.4, 0.5) is 0 Å². The quantitative estimate of drug-likeness (QED) is 0.630. The van der Waals surface area contributed by atoms with Crippen LogP contribution >= 0.6 is 0 Å². The summed E-state index contributed by atoms with van der Waals surface area (Å²) in [4.78, 5) is 0. The predicted octanol–water partition coefficient (Wildman–Crippen LogP) is 0.828. The van der Waals surface area contributed by atoms with Gasteiger partial charge in [-0.2, -0.15) is 0 Å². The van der Waals surface area contributed by atoms with E-state index in [0.29, 0.717) is 13.0 Å². The van der Waals surface area contributed by atoms with Gasteiger partial charge in [-0.15, -0.1) is 0 Å². The van der Waals surface area contributed by atoms with Crippen molar-refractivity contribution in [3.63, 3.8) is 0 Å². The molecule has 0 saturated heterocycles. The van der Waals surface area contributed by atoms with Crippen molar-refractivity contribution < 1.29 is 5.11 Å². The summed E-state index contributed by atoms with van der Waals surface area (Å²) in [6, 6.07) is 0. The average Bonchev–Trinajstić information content (AvgIpc) is 2.07. The molecule has 0 spiro atoms. The summed E-state index contributed by atoms with van der Waals surface area (Å²) < 4.78 is 0. The van der Waals surface area contributed by atoms with E-state index < -0.39 is 0 Å². The van der Waals surface area contributed by atoms with Crippen molar-refractivity contribution in [2.75, 3.05) is 6.54 Å². The van der Waals surface area contributed by atoms with Crippen LogP contribution < -0.4 is 5.73 Å². The number of aliphatic hydroxyl groups is 1. The molecule has 0 aromatic rings. The first-order chi connectivity index (χ1) is 5.34. The largest absolute Gasteiger partial charge is 0.392 e. The van der Waals surface area contributed by atoms with Crippen LogP contribution in [0, 0.1) is 5.92 Å². The van der Waals surface area contributed by atoms with Crippen LogP contribution in [-0.2, 0) is 0 Å². The van der Waals surface area contributed by atoms with E-state index in [0.717, 1.165) is 6.42 Å². The molecule has 2 atom stereocenters. The lowest BCUT2D eigenvalue weighted by atomic mass is 9.93. The molecule has 1 rings (SSSR count). The fraction of sp³-hybridized carbons (Fsp3) is 0.556. The van der Waals surface area contributed by atoms with E-state index in [2.05, 4.69) is 6.08 Å². The highest BCUT2D eigenvalue weighted by Gasteiger charge is 2.14. The standard InChI is InChI=1S/C9H15NO/c10-7-6-9(11)8-4-2-1-3-5-8/h1-4,8-9,11H,5-7,10H2. The molecule has 11 heavy (non-hydrogen) atoms. The number of hydrogen-bond acceptors (Lipinski definition) is 2. The lowest BCUT2D eigenvalue weighted by Gasteiger charge is -2.18. The number of aliphatic hydroxyl groups excluding tert-OH is 1. The number of rotatable bonds is 3. The van der Waals surface area contributed by atoms with Crippen LogP contribution in [0.25, 0.3) is 0 Å². The Morgan fingerprint density at radius 2 is 2.36 bits per heavy atom. The van der Waals surface area contributed by atoms with E-state index in [1.165, 1.54) is 0 Å².